The van der Waals surface area contributed by atoms with Crippen molar-refractivity contribution in [3.05, 3.63) is 0 Å². The summed E-state index contributed by atoms with van der Waals surface area (Å²) in [7, 11) is 2.18. The van der Waals surface area contributed by atoms with Crippen LogP contribution in [0.15, 0.2) is 0 Å². The minimum absolute atomic E-state index is 0.119. The van der Waals surface area contributed by atoms with E-state index in [1.165, 1.54) is 24.2 Å². The molecular weight excluding hydrogens is 270 g/mol. The predicted octanol–water partition coefficient (Wildman–Crippen LogP) is 1.51. The Balaban J connectivity index is 1.94. The standard InChI is InChI=1S/C15H27N3O3/c1-10(2)18(9-14(19)20)15(21)16-11-7-12-5-4-6-13(8-11)17(12)3/h10-13H,4-9H2,1-3H3,(H,16,21)(H,19,20). The van der Waals surface area contributed by atoms with Crippen LogP contribution in [0.3, 0.4) is 0 Å². The monoisotopic (exact) mass is 297 g/mol. The van der Waals surface area contributed by atoms with Crippen molar-refractivity contribution < 1.29 is 14.7 Å². The third kappa shape index (κ3) is 3.87. The number of nitrogens with one attached hydrogen (secondary N) is 1. The number of carbonyl (C=O) groups is 2. The molecule has 2 fully saturated rings. The van der Waals surface area contributed by atoms with E-state index in [-0.39, 0.29) is 24.7 Å². The van der Waals surface area contributed by atoms with Gasteiger partial charge in [0.15, 0.2) is 0 Å². The van der Waals surface area contributed by atoms with Crippen LogP contribution in [0.4, 0.5) is 4.79 Å². The van der Waals surface area contributed by atoms with Gasteiger partial charge in [-0.3, -0.25) is 4.79 Å². The van der Waals surface area contributed by atoms with Gasteiger partial charge in [0.1, 0.15) is 6.54 Å². The fraction of sp³-hybridized carbons (Fsp3) is 0.867. The van der Waals surface area contributed by atoms with E-state index < -0.39 is 5.97 Å². The summed E-state index contributed by atoms with van der Waals surface area (Å²) in [5.41, 5.74) is 0. The molecule has 2 N–H and O–H groups in total. The van der Waals surface area contributed by atoms with E-state index in [4.69, 9.17) is 5.11 Å². The van der Waals surface area contributed by atoms with Crippen LogP contribution in [0.2, 0.25) is 0 Å². The molecule has 2 bridgehead atoms. The first-order chi connectivity index (χ1) is 9.88. The van der Waals surface area contributed by atoms with Gasteiger partial charge in [-0.2, -0.15) is 0 Å². The molecule has 2 unspecified atom stereocenters. The minimum atomic E-state index is -0.973. The number of urea groups is 1. The number of hydrogen-bond acceptors (Lipinski definition) is 3. The molecule has 2 atom stereocenters. The molecule has 0 spiro atoms. The normalized spacial score (nSPS) is 29.2. The van der Waals surface area contributed by atoms with Crippen molar-refractivity contribution in [1.82, 2.24) is 15.1 Å². The van der Waals surface area contributed by atoms with Gasteiger partial charge in [-0.1, -0.05) is 6.42 Å². The van der Waals surface area contributed by atoms with Crippen molar-refractivity contribution in [2.24, 2.45) is 0 Å². The van der Waals surface area contributed by atoms with Crippen molar-refractivity contribution in [3.8, 4) is 0 Å². The molecule has 0 saturated carbocycles. The minimum Gasteiger partial charge on any atom is -0.480 e. The van der Waals surface area contributed by atoms with Crippen LogP contribution in [0, 0.1) is 0 Å². The Morgan fingerprint density at radius 2 is 1.86 bits per heavy atom. The first-order valence-electron chi connectivity index (χ1n) is 7.89. The molecule has 21 heavy (non-hydrogen) atoms. The van der Waals surface area contributed by atoms with Gasteiger partial charge in [0.2, 0.25) is 0 Å². The van der Waals surface area contributed by atoms with Crippen molar-refractivity contribution in [2.45, 2.75) is 70.1 Å². The number of nitrogens with zero attached hydrogens (tertiary/aromatic N) is 2. The lowest BCUT2D eigenvalue weighted by Crippen LogP contribution is -2.57. The smallest absolute Gasteiger partial charge is 0.323 e. The highest BCUT2D eigenvalue weighted by atomic mass is 16.4. The number of hydrogen-bond donors (Lipinski definition) is 2. The summed E-state index contributed by atoms with van der Waals surface area (Å²) in [6.45, 7) is 3.43. The molecule has 0 aromatic heterocycles. The van der Waals surface area contributed by atoms with Crippen LogP contribution in [0.1, 0.15) is 46.0 Å². The largest absolute Gasteiger partial charge is 0.480 e. The highest BCUT2D eigenvalue weighted by molar-refractivity contribution is 5.80. The van der Waals surface area contributed by atoms with E-state index in [2.05, 4.69) is 17.3 Å². The van der Waals surface area contributed by atoms with Gasteiger partial charge in [-0.05, 0) is 46.6 Å². The molecule has 0 aromatic rings. The molecule has 2 aliphatic heterocycles. The summed E-state index contributed by atoms with van der Waals surface area (Å²) >= 11 is 0. The van der Waals surface area contributed by atoms with E-state index in [1.54, 1.807) is 0 Å². The van der Waals surface area contributed by atoms with Gasteiger partial charge in [0.25, 0.3) is 0 Å². The zero-order valence-corrected chi connectivity index (χ0v) is 13.2. The lowest BCUT2D eigenvalue weighted by Gasteiger charge is -2.47. The van der Waals surface area contributed by atoms with Crippen LogP contribution >= 0.6 is 0 Å². The maximum absolute atomic E-state index is 12.3. The number of amides is 2. The van der Waals surface area contributed by atoms with Crippen molar-refractivity contribution >= 4 is 12.0 Å². The third-order valence-electron chi connectivity index (χ3n) is 4.86. The topological polar surface area (TPSA) is 72.9 Å². The Kier molecular flexibility index (Phi) is 5.08. The Bertz CT molecular complexity index is 386. The second-order valence-electron chi connectivity index (χ2n) is 6.64. The second-order valence-corrected chi connectivity index (χ2v) is 6.64. The lowest BCUT2D eigenvalue weighted by atomic mass is 9.82. The SMILES string of the molecule is CC(C)N(CC(=O)O)C(=O)NC1CC2CCCC(C1)N2C. The zero-order valence-electron chi connectivity index (χ0n) is 13.2. The Labute approximate surface area is 126 Å². The molecule has 0 aromatic carbocycles. The van der Waals surface area contributed by atoms with Crippen molar-refractivity contribution in [3.63, 3.8) is 0 Å². The third-order valence-corrected chi connectivity index (χ3v) is 4.86. The fourth-order valence-corrected chi connectivity index (χ4v) is 3.63. The van der Waals surface area contributed by atoms with Gasteiger partial charge in [0, 0.05) is 24.2 Å². The average Bonchev–Trinajstić information content (AvgIpc) is 2.36. The van der Waals surface area contributed by atoms with E-state index in [9.17, 15) is 9.59 Å². The molecule has 120 valence electrons. The molecule has 0 aliphatic carbocycles. The maximum Gasteiger partial charge on any atom is 0.323 e. The molecule has 6 nitrogen and oxygen atoms in total. The molecule has 0 radical (unpaired) electrons. The molecule has 2 saturated heterocycles. The number of carboxylic acids is 1. The number of piperidine rings is 2. The summed E-state index contributed by atoms with van der Waals surface area (Å²) in [5, 5.41) is 12.0. The molecule has 2 rings (SSSR count). The first kappa shape index (κ1) is 16.1. The van der Waals surface area contributed by atoms with Crippen molar-refractivity contribution in [2.75, 3.05) is 13.6 Å². The first-order valence-corrected chi connectivity index (χ1v) is 7.89. The zero-order chi connectivity index (χ0) is 15.6. The summed E-state index contributed by atoms with van der Waals surface area (Å²) in [5.74, 6) is -0.973. The van der Waals surface area contributed by atoms with Gasteiger partial charge in [0.05, 0.1) is 0 Å². The number of carbonyl (C=O) groups excluding carboxylic acids is 1. The number of fused-ring (bicyclic) bond motifs is 2. The highest BCUT2D eigenvalue weighted by Gasteiger charge is 2.37. The van der Waals surface area contributed by atoms with Crippen LogP contribution in [-0.4, -0.2) is 64.7 Å². The van der Waals surface area contributed by atoms with Gasteiger partial charge < -0.3 is 20.2 Å². The Hall–Kier alpha value is -1.30. The summed E-state index contributed by atoms with van der Waals surface area (Å²) in [6, 6.07) is 0.899. The molecule has 2 aliphatic rings. The van der Waals surface area contributed by atoms with E-state index >= 15 is 0 Å². The van der Waals surface area contributed by atoms with Gasteiger partial charge in [-0.15, -0.1) is 0 Å². The van der Waals surface area contributed by atoms with Crippen molar-refractivity contribution in [1.29, 1.82) is 0 Å². The quantitative estimate of drug-likeness (QED) is 0.825. The van der Waals surface area contributed by atoms with E-state index in [0.717, 1.165) is 12.8 Å². The number of carboxylic acid groups (broad SMARTS) is 1. The second kappa shape index (κ2) is 6.64. The molecule has 2 heterocycles. The Morgan fingerprint density at radius 3 is 2.33 bits per heavy atom. The lowest BCUT2D eigenvalue weighted by molar-refractivity contribution is -0.138. The highest BCUT2D eigenvalue weighted by Crippen LogP contribution is 2.32. The maximum atomic E-state index is 12.3. The summed E-state index contributed by atoms with van der Waals surface area (Å²) < 4.78 is 0. The van der Waals surface area contributed by atoms with Gasteiger partial charge in [-0.25, -0.2) is 4.79 Å². The van der Waals surface area contributed by atoms with E-state index in [0.29, 0.717) is 12.1 Å². The van der Waals surface area contributed by atoms with Gasteiger partial charge >= 0.3 is 12.0 Å². The molecule has 2 amide bonds. The van der Waals surface area contributed by atoms with Crippen LogP contribution < -0.4 is 5.32 Å². The molecular formula is C15H27N3O3. The van der Waals surface area contributed by atoms with Crippen LogP contribution in [0.5, 0.6) is 0 Å². The number of aliphatic carboxylic acids is 1. The van der Waals surface area contributed by atoms with E-state index in [1.807, 2.05) is 13.8 Å². The molecule has 6 heteroatoms. The average molecular weight is 297 g/mol. The summed E-state index contributed by atoms with van der Waals surface area (Å²) in [6.07, 6.45) is 5.61. The number of rotatable bonds is 4. The van der Waals surface area contributed by atoms with Crippen LogP contribution in [-0.2, 0) is 4.79 Å². The Morgan fingerprint density at radius 1 is 1.29 bits per heavy atom. The fourth-order valence-electron chi connectivity index (χ4n) is 3.63. The predicted molar refractivity (Wildman–Crippen MR) is 80.2 cm³/mol. The van der Waals surface area contributed by atoms with Crippen LogP contribution in [0.25, 0.3) is 0 Å². The summed E-state index contributed by atoms with van der Waals surface area (Å²) in [4.78, 5) is 27.0.